The number of rotatable bonds is 4. The first-order valence-corrected chi connectivity index (χ1v) is 11.9. The van der Waals surface area contributed by atoms with E-state index < -0.39 is 0 Å². The molecule has 2 aliphatic heterocycles. The second kappa shape index (κ2) is 9.65. The number of aromatic nitrogens is 4. The van der Waals surface area contributed by atoms with E-state index in [1.165, 1.54) is 12.8 Å². The van der Waals surface area contributed by atoms with Gasteiger partial charge in [-0.15, -0.1) is 0 Å². The third kappa shape index (κ3) is 4.72. The Morgan fingerprint density at radius 3 is 2.67 bits per heavy atom. The van der Waals surface area contributed by atoms with Gasteiger partial charge in [0.15, 0.2) is 0 Å². The number of hydrogen-bond donors (Lipinski definition) is 0. The molecule has 0 saturated carbocycles. The highest BCUT2D eigenvalue weighted by Gasteiger charge is 2.30. The van der Waals surface area contributed by atoms with Gasteiger partial charge in [0.2, 0.25) is 5.95 Å². The van der Waals surface area contributed by atoms with E-state index in [4.69, 9.17) is 9.97 Å². The Morgan fingerprint density at radius 1 is 0.970 bits per heavy atom. The number of hydrogen-bond acceptors (Lipinski definition) is 6. The van der Waals surface area contributed by atoms with E-state index >= 15 is 0 Å². The molecule has 5 rings (SSSR count). The largest absolute Gasteiger partial charge is 0.341 e. The maximum atomic E-state index is 13.1. The zero-order valence-electron chi connectivity index (χ0n) is 19.1. The first-order valence-electron chi connectivity index (χ1n) is 11.9. The molecule has 1 amide bonds. The minimum Gasteiger partial charge on any atom is -0.341 e. The molecule has 33 heavy (non-hydrogen) atoms. The summed E-state index contributed by atoms with van der Waals surface area (Å²) in [6, 6.07) is 9.47. The van der Waals surface area contributed by atoms with Gasteiger partial charge in [-0.05, 0) is 49.8 Å². The van der Waals surface area contributed by atoms with Crippen LogP contribution < -0.4 is 4.90 Å². The van der Waals surface area contributed by atoms with Crippen LogP contribution in [0.25, 0.3) is 11.1 Å². The lowest BCUT2D eigenvalue weighted by Crippen LogP contribution is -2.40. The number of pyridine rings is 2. The second-order valence-electron chi connectivity index (χ2n) is 9.21. The zero-order chi connectivity index (χ0) is 22.6. The van der Waals surface area contributed by atoms with Crippen LogP contribution in [-0.4, -0.2) is 56.9 Å². The van der Waals surface area contributed by atoms with Crippen LogP contribution in [0.1, 0.15) is 54.7 Å². The molecule has 7 nitrogen and oxygen atoms in total. The first kappa shape index (κ1) is 21.5. The Kier molecular flexibility index (Phi) is 6.28. The third-order valence-electron chi connectivity index (χ3n) is 6.70. The monoisotopic (exact) mass is 442 g/mol. The van der Waals surface area contributed by atoms with E-state index in [2.05, 4.69) is 27.9 Å². The normalized spacial score (nSPS) is 21.1. The Hall–Kier alpha value is -3.35. The molecule has 0 N–H and O–H groups in total. The maximum Gasteiger partial charge on any atom is 0.272 e. The second-order valence-corrected chi connectivity index (χ2v) is 9.21. The Balaban J connectivity index is 1.48. The molecule has 2 fully saturated rings. The number of carbonyl (C=O) groups is 1. The number of amides is 1. The SMILES string of the molecule is CC1CCCN(c2ncc(-c3cccnc3)c(C3CCCN(C(=O)c4ccccn4)C3)n2)C1. The van der Waals surface area contributed by atoms with Crippen LogP contribution in [0.3, 0.4) is 0 Å². The van der Waals surface area contributed by atoms with E-state index in [0.717, 1.165) is 55.2 Å². The summed E-state index contributed by atoms with van der Waals surface area (Å²) in [7, 11) is 0. The molecule has 2 saturated heterocycles. The summed E-state index contributed by atoms with van der Waals surface area (Å²) in [5.74, 6) is 1.58. The average Bonchev–Trinajstić information content (AvgIpc) is 2.89. The fourth-order valence-electron chi connectivity index (χ4n) is 5.00. The van der Waals surface area contributed by atoms with Crippen molar-refractivity contribution < 1.29 is 4.79 Å². The summed E-state index contributed by atoms with van der Waals surface area (Å²) < 4.78 is 0. The lowest BCUT2D eigenvalue weighted by atomic mass is 9.90. The van der Waals surface area contributed by atoms with Crippen molar-refractivity contribution in [3.8, 4) is 11.1 Å². The van der Waals surface area contributed by atoms with Gasteiger partial charge in [-0.3, -0.25) is 14.8 Å². The third-order valence-corrected chi connectivity index (χ3v) is 6.70. The van der Waals surface area contributed by atoms with Crippen molar-refractivity contribution in [3.63, 3.8) is 0 Å². The molecule has 0 bridgehead atoms. The molecule has 0 radical (unpaired) electrons. The molecule has 2 atom stereocenters. The summed E-state index contributed by atoms with van der Waals surface area (Å²) in [5, 5.41) is 0. The van der Waals surface area contributed by atoms with Gasteiger partial charge >= 0.3 is 0 Å². The predicted octanol–water partition coefficient (Wildman–Crippen LogP) is 4.19. The van der Waals surface area contributed by atoms with Crippen molar-refractivity contribution in [3.05, 3.63) is 66.5 Å². The summed E-state index contributed by atoms with van der Waals surface area (Å²) in [6.45, 7) is 5.65. The van der Waals surface area contributed by atoms with Gasteiger partial charge in [-0.1, -0.05) is 19.1 Å². The number of likely N-dealkylation sites (tertiary alicyclic amines) is 1. The lowest BCUT2D eigenvalue weighted by molar-refractivity contribution is 0.0700. The predicted molar refractivity (Wildman–Crippen MR) is 128 cm³/mol. The number of piperidine rings is 2. The van der Waals surface area contributed by atoms with Gasteiger partial charge in [0, 0.05) is 68.0 Å². The topological polar surface area (TPSA) is 75.1 Å². The highest BCUT2D eigenvalue weighted by atomic mass is 16.2. The van der Waals surface area contributed by atoms with Gasteiger partial charge in [0.05, 0.1) is 5.69 Å². The van der Waals surface area contributed by atoms with Crippen LogP contribution in [-0.2, 0) is 0 Å². The van der Waals surface area contributed by atoms with Crippen LogP contribution in [0, 0.1) is 5.92 Å². The van der Waals surface area contributed by atoms with Crippen molar-refractivity contribution in [1.82, 2.24) is 24.8 Å². The smallest absolute Gasteiger partial charge is 0.272 e. The Bertz CT molecular complexity index is 1090. The van der Waals surface area contributed by atoms with E-state index in [9.17, 15) is 4.79 Å². The van der Waals surface area contributed by atoms with E-state index in [-0.39, 0.29) is 11.8 Å². The lowest BCUT2D eigenvalue weighted by Gasteiger charge is -2.34. The molecule has 3 aromatic heterocycles. The molecule has 0 aromatic carbocycles. The van der Waals surface area contributed by atoms with Gasteiger partial charge in [0.1, 0.15) is 5.69 Å². The average molecular weight is 443 g/mol. The minimum absolute atomic E-state index is 0.0117. The van der Waals surface area contributed by atoms with Crippen molar-refractivity contribution in [2.75, 3.05) is 31.1 Å². The van der Waals surface area contributed by atoms with E-state index in [1.807, 2.05) is 35.5 Å². The van der Waals surface area contributed by atoms with E-state index in [1.54, 1.807) is 18.5 Å². The van der Waals surface area contributed by atoms with Crippen LogP contribution in [0.5, 0.6) is 0 Å². The maximum absolute atomic E-state index is 13.1. The quantitative estimate of drug-likeness (QED) is 0.603. The molecule has 7 heteroatoms. The van der Waals surface area contributed by atoms with Gasteiger partial charge in [0.25, 0.3) is 5.91 Å². The van der Waals surface area contributed by atoms with Gasteiger partial charge in [-0.25, -0.2) is 9.97 Å². The summed E-state index contributed by atoms with van der Waals surface area (Å²) in [4.78, 5) is 35.8. The summed E-state index contributed by atoms with van der Waals surface area (Å²) >= 11 is 0. The van der Waals surface area contributed by atoms with Crippen molar-refractivity contribution in [1.29, 1.82) is 0 Å². The van der Waals surface area contributed by atoms with Gasteiger partial charge in [-0.2, -0.15) is 0 Å². The fraction of sp³-hybridized carbons (Fsp3) is 0.423. The molecule has 2 unspecified atom stereocenters. The van der Waals surface area contributed by atoms with E-state index in [0.29, 0.717) is 18.2 Å². The Labute approximate surface area is 194 Å². The Morgan fingerprint density at radius 2 is 1.88 bits per heavy atom. The molecule has 5 heterocycles. The molecule has 0 aliphatic carbocycles. The molecular weight excluding hydrogens is 412 g/mol. The number of nitrogens with zero attached hydrogens (tertiary/aromatic N) is 6. The van der Waals surface area contributed by atoms with Crippen LogP contribution in [0.4, 0.5) is 5.95 Å². The summed E-state index contributed by atoms with van der Waals surface area (Å²) in [5.41, 5.74) is 3.54. The van der Waals surface area contributed by atoms with Crippen LogP contribution >= 0.6 is 0 Å². The first-order chi connectivity index (χ1) is 16.2. The van der Waals surface area contributed by atoms with Crippen molar-refractivity contribution in [2.24, 2.45) is 5.92 Å². The highest BCUT2D eigenvalue weighted by molar-refractivity contribution is 5.92. The highest BCUT2D eigenvalue weighted by Crippen LogP contribution is 2.34. The summed E-state index contributed by atoms with van der Waals surface area (Å²) in [6.07, 6.45) is 11.6. The van der Waals surface area contributed by atoms with Gasteiger partial charge < -0.3 is 9.80 Å². The number of carbonyl (C=O) groups excluding carboxylic acids is 1. The number of anilines is 1. The minimum atomic E-state index is -0.0117. The standard InChI is InChI=1S/C26H30N6O/c1-19-7-5-14-32(17-19)26-29-16-22(20-8-4-11-27-15-20)24(30-26)21-9-6-13-31(18-21)25(33)23-10-2-3-12-28-23/h2-4,8,10-12,15-16,19,21H,5-7,9,13-14,17-18H2,1H3. The molecule has 2 aliphatic rings. The van der Waals surface area contributed by atoms with Crippen LogP contribution in [0.2, 0.25) is 0 Å². The van der Waals surface area contributed by atoms with Crippen molar-refractivity contribution >= 4 is 11.9 Å². The molecule has 170 valence electrons. The van der Waals surface area contributed by atoms with Crippen molar-refractivity contribution in [2.45, 2.75) is 38.5 Å². The molecule has 0 spiro atoms. The zero-order valence-corrected chi connectivity index (χ0v) is 19.1. The van der Waals surface area contributed by atoms with Crippen LogP contribution in [0.15, 0.2) is 55.1 Å². The molecule has 3 aromatic rings. The fourth-order valence-corrected chi connectivity index (χ4v) is 5.00. The molecular formula is C26H30N6O.